The maximum Gasteiger partial charge on any atom is 0.259 e. The summed E-state index contributed by atoms with van der Waals surface area (Å²) in [5, 5.41) is 15.3. The lowest BCUT2D eigenvalue weighted by molar-refractivity contribution is -0.114. The van der Waals surface area contributed by atoms with Crippen molar-refractivity contribution in [2.24, 2.45) is 0 Å². The molecule has 0 aliphatic heterocycles. The van der Waals surface area contributed by atoms with Crippen LogP contribution in [0.2, 0.25) is 5.02 Å². The largest absolute Gasteiger partial charge is 0.507 e. The first-order chi connectivity index (χ1) is 9.95. The molecule has 21 heavy (non-hydrogen) atoms. The Bertz CT molecular complexity index is 701. The molecule has 2 rings (SSSR count). The summed E-state index contributed by atoms with van der Waals surface area (Å²) in [7, 11) is 0. The third-order valence-corrected chi connectivity index (χ3v) is 2.88. The van der Waals surface area contributed by atoms with E-state index >= 15 is 0 Å². The first-order valence-corrected chi connectivity index (χ1v) is 6.51. The molecule has 2 amide bonds. The zero-order valence-electron chi connectivity index (χ0n) is 11.2. The van der Waals surface area contributed by atoms with E-state index in [0.29, 0.717) is 16.4 Å². The number of phenols is 1. The molecule has 2 aromatic carbocycles. The van der Waals surface area contributed by atoms with Crippen molar-refractivity contribution in [3.05, 3.63) is 53.1 Å². The summed E-state index contributed by atoms with van der Waals surface area (Å²) < 4.78 is 0. The van der Waals surface area contributed by atoms with Gasteiger partial charge in [-0.15, -0.1) is 0 Å². The molecule has 0 aromatic heterocycles. The monoisotopic (exact) mass is 304 g/mol. The van der Waals surface area contributed by atoms with Gasteiger partial charge in [0.1, 0.15) is 5.75 Å². The number of benzene rings is 2. The van der Waals surface area contributed by atoms with Gasteiger partial charge in [-0.2, -0.15) is 0 Å². The first-order valence-electron chi connectivity index (χ1n) is 6.13. The molecular formula is C15H13ClN2O3. The van der Waals surface area contributed by atoms with Gasteiger partial charge in [-0.3, -0.25) is 9.59 Å². The quantitative estimate of drug-likeness (QED) is 0.814. The normalized spacial score (nSPS) is 10.0. The highest BCUT2D eigenvalue weighted by atomic mass is 35.5. The van der Waals surface area contributed by atoms with Crippen LogP contribution in [0.25, 0.3) is 0 Å². The number of nitrogens with one attached hydrogen (secondary N) is 2. The summed E-state index contributed by atoms with van der Waals surface area (Å²) in [5.41, 5.74) is 1.19. The van der Waals surface area contributed by atoms with Crippen molar-refractivity contribution in [2.45, 2.75) is 6.92 Å². The number of carbonyl (C=O) groups is 2. The van der Waals surface area contributed by atoms with Crippen LogP contribution in [0, 0.1) is 0 Å². The summed E-state index contributed by atoms with van der Waals surface area (Å²) >= 11 is 5.72. The van der Waals surface area contributed by atoms with Gasteiger partial charge in [0.15, 0.2) is 0 Å². The van der Waals surface area contributed by atoms with Crippen molar-refractivity contribution < 1.29 is 14.7 Å². The predicted molar refractivity (Wildman–Crippen MR) is 81.8 cm³/mol. The van der Waals surface area contributed by atoms with Gasteiger partial charge in [0.05, 0.1) is 5.56 Å². The molecule has 0 aliphatic rings. The Hall–Kier alpha value is -2.53. The van der Waals surface area contributed by atoms with Gasteiger partial charge in [0.25, 0.3) is 5.91 Å². The molecule has 0 spiro atoms. The summed E-state index contributed by atoms with van der Waals surface area (Å²) in [5.74, 6) is -0.865. The van der Waals surface area contributed by atoms with E-state index in [-0.39, 0.29) is 17.2 Å². The fourth-order valence-electron chi connectivity index (χ4n) is 1.77. The second-order valence-corrected chi connectivity index (χ2v) is 4.81. The number of aromatic hydroxyl groups is 1. The summed E-state index contributed by atoms with van der Waals surface area (Å²) in [6.07, 6.45) is 0. The van der Waals surface area contributed by atoms with Crippen LogP contribution in [0.15, 0.2) is 42.5 Å². The molecule has 0 atom stereocenters. The second-order valence-electron chi connectivity index (χ2n) is 4.38. The highest BCUT2D eigenvalue weighted by Crippen LogP contribution is 2.23. The lowest BCUT2D eigenvalue weighted by Gasteiger charge is -2.09. The van der Waals surface area contributed by atoms with Gasteiger partial charge < -0.3 is 15.7 Å². The molecule has 0 fully saturated rings. The smallest absolute Gasteiger partial charge is 0.259 e. The Morgan fingerprint density at radius 1 is 1.05 bits per heavy atom. The van der Waals surface area contributed by atoms with E-state index in [1.165, 1.54) is 25.1 Å². The van der Waals surface area contributed by atoms with E-state index in [9.17, 15) is 14.7 Å². The number of carbonyl (C=O) groups excluding carboxylic acids is 2. The van der Waals surface area contributed by atoms with Gasteiger partial charge in [0.2, 0.25) is 5.91 Å². The number of amides is 2. The van der Waals surface area contributed by atoms with Crippen molar-refractivity contribution in [3.8, 4) is 5.75 Å². The minimum absolute atomic E-state index is 0.115. The molecular weight excluding hydrogens is 292 g/mol. The molecule has 0 heterocycles. The number of phenolic OH excluding ortho intramolecular Hbond substituents is 1. The van der Waals surface area contributed by atoms with E-state index < -0.39 is 5.91 Å². The standard InChI is InChI=1S/C15H13ClN2O3/c1-9(19)17-11-3-2-4-12(8-11)18-15(21)13-6-5-10(16)7-14(13)20/h2-8,20H,1H3,(H,17,19)(H,18,21). The molecule has 0 unspecified atom stereocenters. The predicted octanol–water partition coefficient (Wildman–Crippen LogP) is 3.26. The molecule has 3 N–H and O–H groups in total. The highest BCUT2D eigenvalue weighted by molar-refractivity contribution is 6.31. The van der Waals surface area contributed by atoms with Crippen LogP contribution < -0.4 is 10.6 Å². The van der Waals surface area contributed by atoms with Crippen LogP contribution in [-0.4, -0.2) is 16.9 Å². The van der Waals surface area contributed by atoms with Crippen LogP contribution in [0.4, 0.5) is 11.4 Å². The molecule has 6 heteroatoms. The lowest BCUT2D eigenvalue weighted by Crippen LogP contribution is -2.12. The number of hydrogen-bond acceptors (Lipinski definition) is 3. The Labute approximate surface area is 126 Å². The Balaban J connectivity index is 2.17. The Kier molecular flexibility index (Phi) is 4.45. The Morgan fingerprint density at radius 2 is 1.71 bits per heavy atom. The fourth-order valence-corrected chi connectivity index (χ4v) is 1.94. The molecule has 0 saturated carbocycles. The minimum Gasteiger partial charge on any atom is -0.507 e. The van der Waals surface area contributed by atoms with Crippen molar-refractivity contribution in [3.63, 3.8) is 0 Å². The van der Waals surface area contributed by atoms with Gasteiger partial charge >= 0.3 is 0 Å². The zero-order valence-corrected chi connectivity index (χ0v) is 11.9. The zero-order chi connectivity index (χ0) is 15.4. The average Bonchev–Trinajstić information content (AvgIpc) is 2.37. The van der Waals surface area contributed by atoms with Crippen LogP contribution in [-0.2, 0) is 4.79 Å². The van der Waals surface area contributed by atoms with Crippen LogP contribution >= 0.6 is 11.6 Å². The van der Waals surface area contributed by atoms with Gasteiger partial charge in [0, 0.05) is 23.3 Å². The van der Waals surface area contributed by atoms with E-state index in [4.69, 9.17) is 11.6 Å². The maximum atomic E-state index is 12.1. The maximum absolute atomic E-state index is 12.1. The molecule has 0 saturated heterocycles. The molecule has 108 valence electrons. The number of halogens is 1. The molecule has 0 radical (unpaired) electrons. The minimum atomic E-state index is -0.468. The highest BCUT2D eigenvalue weighted by Gasteiger charge is 2.11. The van der Waals surface area contributed by atoms with E-state index in [2.05, 4.69) is 10.6 Å². The first kappa shape index (κ1) is 14.9. The molecule has 0 bridgehead atoms. The summed E-state index contributed by atoms with van der Waals surface area (Å²) in [6, 6.07) is 10.9. The van der Waals surface area contributed by atoms with Crippen molar-refractivity contribution in [1.29, 1.82) is 0 Å². The van der Waals surface area contributed by atoms with Crippen molar-refractivity contribution in [2.75, 3.05) is 10.6 Å². The van der Waals surface area contributed by atoms with Gasteiger partial charge in [-0.05, 0) is 36.4 Å². The SMILES string of the molecule is CC(=O)Nc1cccc(NC(=O)c2ccc(Cl)cc2O)c1. The van der Waals surface area contributed by atoms with Gasteiger partial charge in [-0.25, -0.2) is 0 Å². The number of rotatable bonds is 3. The average molecular weight is 305 g/mol. The Morgan fingerprint density at radius 3 is 2.33 bits per heavy atom. The number of hydrogen-bond donors (Lipinski definition) is 3. The van der Waals surface area contributed by atoms with E-state index in [1.54, 1.807) is 24.3 Å². The number of anilines is 2. The van der Waals surface area contributed by atoms with Gasteiger partial charge in [-0.1, -0.05) is 17.7 Å². The van der Waals surface area contributed by atoms with Crippen molar-refractivity contribution >= 4 is 34.8 Å². The fraction of sp³-hybridized carbons (Fsp3) is 0.0667. The second kappa shape index (κ2) is 6.28. The molecule has 5 nitrogen and oxygen atoms in total. The molecule has 0 aliphatic carbocycles. The van der Waals surface area contributed by atoms with E-state index in [0.717, 1.165) is 0 Å². The summed E-state index contributed by atoms with van der Waals surface area (Å²) in [6.45, 7) is 1.40. The molecule has 2 aromatic rings. The van der Waals surface area contributed by atoms with E-state index in [1.807, 2.05) is 0 Å². The van der Waals surface area contributed by atoms with Crippen molar-refractivity contribution in [1.82, 2.24) is 0 Å². The third kappa shape index (κ3) is 3.97. The van der Waals surface area contributed by atoms with Crippen LogP contribution in [0.3, 0.4) is 0 Å². The topological polar surface area (TPSA) is 78.4 Å². The van der Waals surface area contributed by atoms with Crippen LogP contribution in [0.1, 0.15) is 17.3 Å². The lowest BCUT2D eigenvalue weighted by atomic mass is 10.2. The third-order valence-electron chi connectivity index (χ3n) is 2.65. The summed E-state index contributed by atoms with van der Waals surface area (Å²) in [4.78, 5) is 23.1. The van der Waals surface area contributed by atoms with Crippen LogP contribution in [0.5, 0.6) is 5.75 Å².